The highest BCUT2D eigenvalue weighted by atomic mass is 16.5. The molecule has 1 N–H and O–H groups in total. The van der Waals surface area contributed by atoms with Crippen molar-refractivity contribution in [3.63, 3.8) is 0 Å². The van der Waals surface area contributed by atoms with Gasteiger partial charge in [-0.1, -0.05) is 18.2 Å². The Morgan fingerprint density at radius 3 is 2.71 bits per heavy atom. The molecule has 6 heteroatoms. The van der Waals surface area contributed by atoms with E-state index in [0.717, 1.165) is 42.3 Å². The molecule has 4 rings (SSSR count). The van der Waals surface area contributed by atoms with E-state index < -0.39 is 0 Å². The van der Waals surface area contributed by atoms with E-state index in [1.54, 1.807) is 7.11 Å². The zero-order chi connectivity index (χ0) is 19.3. The average molecular weight is 375 g/mol. The quantitative estimate of drug-likeness (QED) is 0.694. The second-order valence-corrected chi connectivity index (χ2v) is 7.13. The van der Waals surface area contributed by atoms with Crippen LogP contribution in [0.15, 0.2) is 54.9 Å². The number of rotatable bonds is 6. The smallest absolute Gasteiger partial charge is 0.228 e. The molecule has 0 radical (unpaired) electrons. The zero-order valence-electron chi connectivity index (χ0n) is 16.3. The van der Waals surface area contributed by atoms with E-state index in [9.17, 15) is 0 Å². The Morgan fingerprint density at radius 1 is 1.11 bits per heavy atom. The van der Waals surface area contributed by atoms with Gasteiger partial charge in [-0.05, 0) is 61.7 Å². The summed E-state index contributed by atoms with van der Waals surface area (Å²) in [5.74, 6) is 2.23. The van der Waals surface area contributed by atoms with Crippen LogP contribution in [0.1, 0.15) is 35.7 Å². The summed E-state index contributed by atoms with van der Waals surface area (Å²) in [6.07, 6.45) is 5.94. The summed E-state index contributed by atoms with van der Waals surface area (Å²) < 4.78 is 5.26. The van der Waals surface area contributed by atoms with Crippen molar-refractivity contribution in [1.82, 2.24) is 19.9 Å². The van der Waals surface area contributed by atoms with E-state index in [0.29, 0.717) is 12.0 Å². The Labute approximate surface area is 165 Å². The summed E-state index contributed by atoms with van der Waals surface area (Å²) in [5.41, 5.74) is 3.46. The van der Waals surface area contributed by atoms with Crippen molar-refractivity contribution in [2.75, 3.05) is 19.0 Å². The maximum Gasteiger partial charge on any atom is 0.228 e. The van der Waals surface area contributed by atoms with Gasteiger partial charge in [0.2, 0.25) is 5.95 Å². The lowest BCUT2D eigenvalue weighted by molar-refractivity contribution is 0.244. The van der Waals surface area contributed by atoms with E-state index in [-0.39, 0.29) is 0 Å². The van der Waals surface area contributed by atoms with Crippen molar-refractivity contribution in [2.24, 2.45) is 0 Å². The third kappa shape index (κ3) is 4.28. The van der Waals surface area contributed by atoms with Gasteiger partial charge in [0, 0.05) is 18.9 Å². The van der Waals surface area contributed by atoms with Gasteiger partial charge in [0.05, 0.1) is 18.8 Å². The summed E-state index contributed by atoms with van der Waals surface area (Å²) in [5, 5.41) is 3.21. The van der Waals surface area contributed by atoms with Crippen LogP contribution in [-0.2, 0) is 6.54 Å². The third-order valence-corrected chi connectivity index (χ3v) is 5.08. The van der Waals surface area contributed by atoms with E-state index in [1.807, 2.05) is 49.6 Å². The number of benzene rings is 1. The molecule has 6 nitrogen and oxygen atoms in total. The number of hydrogen-bond acceptors (Lipinski definition) is 6. The lowest BCUT2D eigenvalue weighted by Crippen LogP contribution is -2.23. The standard InChI is InChI=1S/C22H25N5O/c1-16-5-10-21(24-14-16)26-22-23-12-11-19(25-22)20-4-3-13-27(20)15-17-6-8-18(28-2)9-7-17/h5-12,14,20H,3-4,13,15H2,1-2H3,(H,23,24,25,26). The van der Waals surface area contributed by atoms with Gasteiger partial charge in [0.15, 0.2) is 0 Å². The van der Waals surface area contributed by atoms with Crippen molar-refractivity contribution >= 4 is 11.8 Å². The first-order valence-corrected chi connectivity index (χ1v) is 9.61. The van der Waals surface area contributed by atoms with Crippen LogP contribution in [0.25, 0.3) is 0 Å². The van der Waals surface area contributed by atoms with Crippen LogP contribution in [0.4, 0.5) is 11.8 Å². The molecule has 1 unspecified atom stereocenters. The van der Waals surface area contributed by atoms with Crippen molar-refractivity contribution in [1.29, 1.82) is 0 Å². The Hall–Kier alpha value is -2.99. The fourth-order valence-corrected chi connectivity index (χ4v) is 3.59. The Kier molecular flexibility index (Phi) is 5.48. The number of ether oxygens (including phenoxy) is 1. The molecule has 1 saturated heterocycles. The van der Waals surface area contributed by atoms with E-state index in [2.05, 4.69) is 32.3 Å². The fraction of sp³-hybridized carbons (Fsp3) is 0.318. The number of nitrogens with zero attached hydrogens (tertiary/aromatic N) is 4. The molecule has 1 fully saturated rings. The van der Waals surface area contributed by atoms with Gasteiger partial charge >= 0.3 is 0 Å². The maximum atomic E-state index is 5.26. The Morgan fingerprint density at radius 2 is 1.96 bits per heavy atom. The van der Waals surface area contributed by atoms with Gasteiger partial charge < -0.3 is 10.1 Å². The second-order valence-electron chi connectivity index (χ2n) is 7.13. The topological polar surface area (TPSA) is 63.2 Å². The number of aromatic nitrogens is 3. The van der Waals surface area contributed by atoms with Crippen LogP contribution in [0, 0.1) is 6.92 Å². The highest BCUT2D eigenvalue weighted by Gasteiger charge is 2.27. The fourth-order valence-electron chi connectivity index (χ4n) is 3.59. The number of aryl methyl sites for hydroxylation is 1. The lowest BCUT2D eigenvalue weighted by atomic mass is 10.1. The van der Waals surface area contributed by atoms with Crippen LogP contribution >= 0.6 is 0 Å². The molecule has 0 spiro atoms. The molecule has 28 heavy (non-hydrogen) atoms. The molecule has 0 aliphatic carbocycles. The largest absolute Gasteiger partial charge is 0.497 e. The van der Waals surface area contributed by atoms with Gasteiger partial charge in [-0.2, -0.15) is 0 Å². The highest BCUT2D eigenvalue weighted by Crippen LogP contribution is 2.32. The van der Waals surface area contributed by atoms with Crippen LogP contribution in [-0.4, -0.2) is 33.5 Å². The van der Waals surface area contributed by atoms with Gasteiger partial charge in [-0.3, -0.25) is 4.90 Å². The SMILES string of the molecule is COc1ccc(CN2CCCC2c2ccnc(Nc3ccc(C)cn3)n2)cc1. The predicted octanol–water partition coefficient (Wildman–Crippen LogP) is 4.27. The van der Waals surface area contributed by atoms with Crippen molar-refractivity contribution < 1.29 is 4.74 Å². The monoisotopic (exact) mass is 375 g/mol. The minimum absolute atomic E-state index is 0.302. The molecule has 0 saturated carbocycles. The maximum absolute atomic E-state index is 5.26. The first kappa shape index (κ1) is 18.4. The molecule has 0 amide bonds. The molecule has 1 atom stereocenters. The van der Waals surface area contributed by atoms with Crippen molar-refractivity contribution in [2.45, 2.75) is 32.4 Å². The summed E-state index contributed by atoms with van der Waals surface area (Å²) in [6.45, 7) is 4.00. The number of anilines is 2. The molecule has 2 aromatic heterocycles. The molecule has 3 heterocycles. The molecule has 1 aliphatic heterocycles. The third-order valence-electron chi connectivity index (χ3n) is 5.08. The minimum Gasteiger partial charge on any atom is -0.497 e. The van der Waals surface area contributed by atoms with Gasteiger partial charge in [-0.15, -0.1) is 0 Å². The minimum atomic E-state index is 0.302. The van der Waals surface area contributed by atoms with Crippen LogP contribution in [0.2, 0.25) is 0 Å². The average Bonchev–Trinajstić information content (AvgIpc) is 3.19. The Balaban J connectivity index is 1.48. The molecular formula is C22H25N5O. The molecule has 0 bridgehead atoms. The lowest BCUT2D eigenvalue weighted by Gasteiger charge is -2.24. The number of pyridine rings is 1. The predicted molar refractivity (Wildman–Crippen MR) is 110 cm³/mol. The van der Waals surface area contributed by atoms with Crippen LogP contribution in [0.5, 0.6) is 5.75 Å². The number of likely N-dealkylation sites (tertiary alicyclic amines) is 1. The van der Waals surface area contributed by atoms with Crippen LogP contribution in [0.3, 0.4) is 0 Å². The second kappa shape index (κ2) is 8.35. The summed E-state index contributed by atoms with van der Waals surface area (Å²) in [6, 6.07) is 14.6. The van der Waals surface area contributed by atoms with E-state index in [4.69, 9.17) is 9.72 Å². The number of methoxy groups -OCH3 is 1. The molecule has 3 aromatic rings. The van der Waals surface area contributed by atoms with E-state index in [1.165, 1.54) is 12.0 Å². The molecule has 144 valence electrons. The van der Waals surface area contributed by atoms with E-state index >= 15 is 0 Å². The number of hydrogen-bond donors (Lipinski definition) is 1. The first-order chi connectivity index (χ1) is 13.7. The zero-order valence-corrected chi connectivity index (χ0v) is 16.3. The molecule has 1 aromatic carbocycles. The van der Waals surface area contributed by atoms with Crippen molar-refractivity contribution in [3.8, 4) is 5.75 Å². The van der Waals surface area contributed by atoms with Crippen LogP contribution < -0.4 is 10.1 Å². The normalized spacial score (nSPS) is 16.9. The number of nitrogens with one attached hydrogen (secondary N) is 1. The Bertz CT molecular complexity index is 911. The summed E-state index contributed by atoms with van der Waals surface area (Å²) >= 11 is 0. The van der Waals surface area contributed by atoms with Gasteiger partial charge in [-0.25, -0.2) is 15.0 Å². The summed E-state index contributed by atoms with van der Waals surface area (Å²) in [7, 11) is 1.69. The highest BCUT2D eigenvalue weighted by molar-refractivity contribution is 5.47. The van der Waals surface area contributed by atoms with Crippen molar-refractivity contribution in [3.05, 3.63) is 71.7 Å². The first-order valence-electron chi connectivity index (χ1n) is 9.61. The summed E-state index contributed by atoms with van der Waals surface area (Å²) in [4.78, 5) is 16.0. The van der Waals surface area contributed by atoms with Gasteiger partial charge in [0.1, 0.15) is 11.6 Å². The molecule has 1 aliphatic rings. The van der Waals surface area contributed by atoms with Gasteiger partial charge in [0.25, 0.3) is 0 Å². The molecular weight excluding hydrogens is 350 g/mol.